The van der Waals surface area contributed by atoms with Crippen molar-refractivity contribution in [3.8, 4) is 0 Å². The van der Waals surface area contributed by atoms with E-state index < -0.39 is 5.60 Å². The SMILES string of the molecule is CC1(O)C[C@H]2CC[C@@H](C1)N2C(=O)c1ccc2c(c1)CCC(=O)N2. The molecule has 1 aromatic carbocycles. The van der Waals surface area contributed by atoms with Gasteiger partial charge < -0.3 is 15.3 Å². The van der Waals surface area contributed by atoms with Gasteiger partial charge in [-0.15, -0.1) is 0 Å². The summed E-state index contributed by atoms with van der Waals surface area (Å²) in [6.07, 6.45) is 4.44. The Morgan fingerprint density at radius 3 is 2.65 bits per heavy atom. The molecule has 23 heavy (non-hydrogen) atoms. The molecule has 2 saturated heterocycles. The molecule has 2 bridgehead atoms. The Bertz CT molecular complexity index is 667. The number of nitrogens with one attached hydrogen (secondary N) is 1. The lowest BCUT2D eigenvalue weighted by Crippen LogP contribution is -2.52. The van der Waals surface area contributed by atoms with Gasteiger partial charge in [-0.05, 0) is 62.8 Å². The first-order valence-electron chi connectivity index (χ1n) is 8.41. The van der Waals surface area contributed by atoms with Crippen LogP contribution in [-0.4, -0.2) is 39.5 Å². The second-order valence-corrected chi connectivity index (χ2v) is 7.42. The quantitative estimate of drug-likeness (QED) is 0.834. The Labute approximate surface area is 135 Å². The minimum atomic E-state index is -0.650. The second kappa shape index (κ2) is 5.06. The molecule has 0 radical (unpaired) electrons. The van der Waals surface area contributed by atoms with E-state index in [2.05, 4.69) is 5.32 Å². The minimum absolute atomic E-state index is 0.0351. The van der Waals surface area contributed by atoms with Crippen molar-refractivity contribution in [2.45, 2.75) is 63.1 Å². The highest BCUT2D eigenvalue weighted by Gasteiger charge is 2.47. The molecule has 122 valence electrons. The maximum Gasteiger partial charge on any atom is 0.254 e. The molecule has 4 rings (SSSR count). The van der Waals surface area contributed by atoms with Crippen molar-refractivity contribution in [3.63, 3.8) is 0 Å². The zero-order valence-corrected chi connectivity index (χ0v) is 13.3. The summed E-state index contributed by atoms with van der Waals surface area (Å²) in [5.41, 5.74) is 1.90. The lowest BCUT2D eigenvalue weighted by Gasteiger charge is -2.42. The number of aryl methyl sites for hydroxylation is 1. The standard InChI is InChI=1S/C18H22N2O3/c1-18(23)9-13-4-5-14(10-18)20(13)17(22)12-2-6-15-11(8-12)3-7-16(21)19-15/h2,6,8,13-14,23H,3-5,7,9-10H2,1H3,(H,19,21)/t13-,14+,18?. The van der Waals surface area contributed by atoms with Crippen molar-refractivity contribution in [2.24, 2.45) is 0 Å². The first kappa shape index (κ1) is 14.7. The van der Waals surface area contributed by atoms with E-state index in [9.17, 15) is 14.7 Å². The number of amides is 2. The number of benzene rings is 1. The van der Waals surface area contributed by atoms with Crippen molar-refractivity contribution < 1.29 is 14.7 Å². The summed E-state index contributed by atoms with van der Waals surface area (Å²) in [4.78, 5) is 26.4. The molecule has 0 saturated carbocycles. The van der Waals surface area contributed by atoms with Crippen LogP contribution in [0.4, 0.5) is 5.69 Å². The molecule has 0 aliphatic carbocycles. The number of hydrogen-bond donors (Lipinski definition) is 2. The number of nitrogens with zero attached hydrogens (tertiary/aromatic N) is 1. The summed E-state index contributed by atoms with van der Waals surface area (Å²) in [5.74, 6) is 0.0978. The van der Waals surface area contributed by atoms with Crippen molar-refractivity contribution in [2.75, 3.05) is 5.32 Å². The number of fused-ring (bicyclic) bond motifs is 3. The fraction of sp³-hybridized carbons (Fsp3) is 0.556. The topological polar surface area (TPSA) is 69.6 Å². The van der Waals surface area contributed by atoms with E-state index >= 15 is 0 Å². The first-order chi connectivity index (χ1) is 10.9. The molecular weight excluding hydrogens is 292 g/mol. The van der Waals surface area contributed by atoms with E-state index in [-0.39, 0.29) is 23.9 Å². The van der Waals surface area contributed by atoms with Crippen LogP contribution in [0.5, 0.6) is 0 Å². The molecule has 3 heterocycles. The third kappa shape index (κ3) is 2.53. The van der Waals surface area contributed by atoms with Gasteiger partial charge in [0.1, 0.15) is 0 Å². The van der Waals surface area contributed by atoms with Gasteiger partial charge in [0.05, 0.1) is 5.60 Å². The smallest absolute Gasteiger partial charge is 0.254 e. The largest absolute Gasteiger partial charge is 0.390 e. The van der Waals surface area contributed by atoms with Gasteiger partial charge in [-0.25, -0.2) is 0 Å². The maximum atomic E-state index is 13.0. The van der Waals surface area contributed by atoms with Crippen molar-refractivity contribution >= 4 is 17.5 Å². The molecule has 1 aromatic rings. The molecule has 3 aliphatic rings. The normalized spacial score (nSPS) is 32.4. The van der Waals surface area contributed by atoms with E-state index in [0.717, 1.165) is 24.1 Å². The number of carbonyl (C=O) groups is 2. The average Bonchev–Trinajstić information content (AvgIpc) is 2.78. The molecular formula is C18H22N2O3. The molecule has 2 amide bonds. The molecule has 5 nitrogen and oxygen atoms in total. The van der Waals surface area contributed by atoms with Crippen LogP contribution in [0.2, 0.25) is 0 Å². The molecule has 1 unspecified atom stereocenters. The molecule has 2 fully saturated rings. The van der Waals surface area contributed by atoms with Gasteiger partial charge >= 0.3 is 0 Å². The fourth-order valence-corrected chi connectivity index (χ4v) is 4.46. The Morgan fingerprint density at radius 2 is 1.96 bits per heavy atom. The molecule has 3 aliphatic heterocycles. The van der Waals surface area contributed by atoms with Gasteiger partial charge in [0.25, 0.3) is 5.91 Å². The van der Waals surface area contributed by atoms with Crippen LogP contribution in [0.15, 0.2) is 18.2 Å². The Morgan fingerprint density at radius 1 is 1.26 bits per heavy atom. The van der Waals surface area contributed by atoms with Crippen molar-refractivity contribution in [1.82, 2.24) is 4.90 Å². The van der Waals surface area contributed by atoms with Gasteiger partial charge in [0.2, 0.25) is 5.91 Å². The highest BCUT2D eigenvalue weighted by molar-refractivity contribution is 5.98. The second-order valence-electron chi connectivity index (χ2n) is 7.42. The van der Waals surface area contributed by atoms with E-state index in [1.807, 2.05) is 24.0 Å². The maximum absolute atomic E-state index is 13.0. The van der Waals surface area contributed by atoms with Gasteiger partial charge in [0.15, 0.2) is 0 Å². The minimum Gasteiger partial charge on any atom is -0.390 e. The van der Waals surface area contributed by atoms with Crippen LogP contribution in [0.25, 0.3) is 0 Å². The van der Waals surface area contributed by atoms with Gasteiger partial charge in [-0.2, -0.15) is 0 Å². The van der Waals surface area contributed by atoms with Gasteiger partial charge in [-0.3, -0.25) is 9.59 Å². The zero-order chi connectivity index (χ0) is 16.2. The summed E-state index contributed by atoms with van der Waals surface area (Å²) in [7, 11) is 0. The molecule has 5 heteroatoms. The predicted molar refractivity (Wildman–Crippen MR) is 86.2 cm³/mol. The Kier molecular flexibility index (Phi) is 3.23. The van der Waals surface area contributed by atoms with Crippen molar-refractivity contribution in [1.29, 1.82) is 0 Å². The third-order valence-corrected chi connectivity index (χ3v) is 5.45. The number of anilines is 1. The van der Waals surface area contributed by atoms with E-state index in [4.69, 9.17) is 0 Å². The lowest BCUT2D eigenvalue weighted by atomic mass is 9.87. The molecule has 3 atom stereocenters. The Balaban J connectivity index is 1.60. The molecule has 0 aromatic heterocycles. The Hall–Kier alpha value is -1.88. The van der Waals surface area contributed by atoms with Crippen LogP contribution >= 0.6 is 0 Å². The fourth-order valence-electron chi connectivity index (χ4n) is 4.46. The van der Waals surface area contributed by atoms with E-state index in [1.165, 1.54) is 0 Å². The lowest BCUT2D eigenvalue weighted by molar-refractivity contribution is -0.116. The number of rotatable bonds is 1. The van der Waals surface area contributed by atoms with Crippen LogP contribution in [0, 0.1) is 0 Å². The zero-order valence-electron chi connectivity index (χ0n) is 13.3. The first-order valence-corrected chi connectivity index (χ1v) is 8.41. The highest BCUT2D eigenvalue weighted by atomic mass is 16.3. The average molecular weight is 314 g/mol. The summed E-state index contributed by atoms with van der Waals surface area (Å²) in [6, 6.07) is 5.85. The van der Waals surface area contributed by atoms with Crippen LogP contribution < -0.4 is 5.32 Å². The summed E-state index contributed by atoms with van der Waals surface area (Å²) in [5, 5.41) is 13.2. The van der Waals surface area contributed by atoms with Crippen LogP contribution in [-0.2, 0) is 11.2 Å². The number of aliphatic hydroxyl groups is 1. The number of carbonyl (C=O) groups excluding carboxylic acids is 2. The monoisotopic (exact) mass is 314 g/mol. The molecule has 2 N–H and O–H groups in total. The number of hydrogen-bond acceptors (Lipinski definition) is 3. The van der Waals surface area contributed by atoms with Gasteiger partial charge in [-0.1, -0.05) is 0 Å². The van der Waals surface area contributed by atoms with E-state index in [0.29, 0.717) is 31.2 Å². The summed E-state index contributed by atoms with van der Waals surface area (Å²) >= 11 is 0. The van der Waals surface area contributed by atoms with Gasteiger partial charge in [0, 0.05) is 29.8 Å². The number of piperidine rings is 1. The summed E-state index contributed by atoms with van der Waals surface area (Å²) < 4.78 is 0. The summed E-state index contributed by atoms with van der Waals surface area (Å²) in [6.45, 7) is 1.88. The van der Waals surface area contributed by atoms with Crippen molar-refractivity contribution in [3.05, 3.63) is 29.3 Å². The highest BCUT2D eigenvalue weighted by Crippen LogP contribution is 2.41. The third-order valence-electron chi connectivity index (χ3n) is 5.45. The van der Waals surface area contributed by atoms with Crippen LogP contribution in [0.3, 0.4) is 0 Å². The van der Waals surface area contributed by atoms with Crippen LogP contribution in [0.1, 0.15) is 54.9 Å². The molecule has 0 spiro atoms. The van der Waals surface area contributed by atoms with E-state index in [1.54, 1.807) is 6.07 Å². The predicted octanol–water partition coefficient (Wildman–Crippen LogP) is 2.09.